The maximum atomic E-state index is 12.6. The molecular formula is C17H21F3IN7OS. The SMILES string of the molecule is CCNC(=NCCc1nc(C(F)(F)F)cs1)NCCc1nc(-c2ccco2)n[nH]1.I. The van der Waals surface area contributed by atoms with E-state index < -0.39 is 11.9 Å². The van der Waals surface area contributed by atoms with Gasteiger partial charge in [-0.2, -0.15) is 18.3 Å². The molecule has 13 heteroatoms. The normalized spacial score (nSPS) is 11.9. The molecular weight excluding hydrogens is 534 g/mol. The van der Waals surface area contributed by atoms with Crippen LogP contribution >= 0.6 is 35.3 Å². The average molecular weight is 555 g/mol. The number of hydrogen-bond acceptors (Lipinski definition) is 6. The first-order valence-electron chi connectivity index (χ1n) is 8.94. The monoisotopic (exact) mass is 555 g/mol. The first-order chi connectivity index (χ1) is 14.0. The lowest BCUT2D eigenvalue weighted by Gasteiger charge is -2.10. The molecule has 3 heterocycles. The number of halogens is 4. The summed E-state index contributed by atoms with van der Waals surface area (Å²) in [6, 6.07) is 3.54. The number of nitrogens with zero attached hydrogens (tertiary/aromatic N) is 4. The molecule has 0 fully saturated rings. The molecule has 0 amide bonds. The quantitative estimate of drug-likeness (QED) is 0.224. The highest BCUT2D eigenvalue weighted by atomic mass is 127. The van der Waals surface area contributed by atoms with Crippen LogP contribution in [0, 0.1) is 0 Å². The fourth-order valence-electron chi connectivity index (χ4n) is 2.38. The van der Waals surface area contributed by atoms with Gasteiger partial charge in [-0.3, -0.25) is 10.1 Å². The maximum Gasteiger partial charge on any atom is 0.434 e. The standard InChI is InChI=1S/C17H20F3N7OS.HI/c1-2-21-16(23-8-6-14-24-12(10-29-14)17(18,19)20)22-7-5-13-25-15(27-26-13)11-4-3-9-28-11;/h3-4,9-10H,2,5-8H2,1H3,(H2,21,22,23)(H,25,26,27);1H. The lowest BCUT2D eigenvalue weighted by Crippen LogP contribution is -2.38. The van der Waals surface area contributed by atoms with E-state index in [1.54, 1.807) is 18.4 Å². The third-order valence-electron chi connectivity index (χ3n) is 3.71. The Morgan fingerprint density at radius 2 is 2.10 bits per heavy atom. The fraction of sp³-hybridized carbons (Fsp3) is 0.412. The molecule has 0 aliphatic rings. The van der Waals surface area contributed by atoms with Gasteiger partial charge in [0.05, 0.1) is 11.3 Å². The van der Waals surface area contributed by atoms with Crippen molar-refractivity contribution in [3.05, 3.63) is 40.3 Å². The Morgan fingerprint density at radius 1 is 1.27 bits per heavy atom. The van der Waals surface area contributed by atoms with Crippen molar-refractivity contribution in [1.82, 2.24) is 30.8 Å². The number of hydrogen-bond donors (Lipinski definition) is 3. The molecule has 0 unspecified atom stereocenters. The van der Waals surface area contributed by atoms with Crippen molar-refractivity contribution in [3.63, 3.8) is 0 Å². The van der Waals surface area contributed by atoms with Gasteiger partial charge >= 0.3 is 6.18 Å². The summed E-state index contributed by atoms with van der Waals surface area (Å²) >= 11 is 0.989. The van der Waals surface area contributed by atoms with E-state index >= 15 is 0 Å². The van der Waals surface area contributed by atoms with Gasteiger partial charge in [0.25, 0.3) is 0 Å². The lowest BCUT2D eigenvalue weighted by atomic mass is 10.4. The van der Waals surface area contributed by atoms with Gasteiger partial charge in [-0.1, -0.05) is 0 Å². The molecule has 3 aromatic heterocycles. The summed E-state index contributed by atoms with van der Waals surface area (Å²) in [7, 11) is 0. The van der Waals surface area contributed by atoms with Gasteiger partial charge in [0.15, 0.2) is 17.4 Å². The Balaban J connectivity index is 0.00000320. The molecule has 0 saturated carbocycles. The zero-order chi connectivity index (χ0) is 20.7. The topological polar surface area (TPSA) is 104 Å². The Morgan fingerprint density at radius 3 is 2.77 bits per heavy atom. The molecule has 0 atom stereocenters. The summed E-state index contributed by atoms with van der Waals surface area (Å²) in [5.74, 6) is 2.35. The molecule has 0 bridgehead atoms. The molecule has 0 aliphatic carbocycles. The van der Waals surface area contributed by atoms with E-state index in [4.69, 9.17) is 4.42 Å². The molecule has 0 spiro atoms. The molecule has 164 valence electrons. The summed E-state index contributed by atoms with van der Waals surface area (Å²) in [6.07, 6.45) is -1.93. The van der Waals surface area contributed by atoms with Gasteiger partial charge in [-0.25, -0.2) is 9.97 Å². The number of nitrogens with one attached hydrogen (secondary N) is 3. The van der Waals surface area contributed by atoms with Gasteiger partial charge in [-0.05, 0) is 19.1 Å². The number of thiazole rings is 1. The van der Waals surface area contributed by atoms with Crippen LogP contribution in [-0.2, 0) is 19.0 Å². The first-order valence-corrected chi connectivity index (χ1v) is 9.82. The van der Waals surface area contributed by atoms with Crippen LogP contribution < -0.4 is 10.6 Å². The number of aromatic nitrogens is 4. The number of furan rings is 1. The molecule has 0 saturated heterocycles. The van der Waals surface area contributed by atoms with Crippen LogP contribution in [0.2, 0.25) is 0 Å². The molecule has 3 aromatic rings. The zero-order valence-corrected chi connectivity index (χ0v) is 19.1. The molecule has 0 radical (unpaired) electrons. The number of H-pyrrole nitrogens is 1. The van der Waals surface area contributed by atoms with Crippen LogP contribution in [0.1, 0.15) is 23.4 Å². The van der Waals surface area contributed by atoms with E-state index in [1.807, 2.05) is 6.92 Å². The van der Waals surface area contributed by atoms with Crippen LogP contribution in [-0.4, -0.2) is 45.8 Å². The summed E-state index contributed by atoms with van der Waals surface area (Å²) in [5, 5.41) is 14.6. The van der Waals surface area contributed by atoms with Gasteiger partial charge in [0, 0.05) is 37.9 Å². The van der Waals surface area contributed by atoms with Crippen molar-refractivity contribution >= 4 is 41.3 Å². The molecule has 0 aliphatic heterocycles. The minimum Gasteiger partial charge on any atom is -0.461 e. The molecule has 8 nitrogen and oxygen atoms in total. The Hall–Kier alpha value is -2.16. The highest BCUT2D eigenvalue weighted by Crippen LogP contribution is 2.30. The predicted molar refractivity (Wildman–Crippen MR) is 118 cm³/mol. The van der Waals surface area contributed by atoms with Crippen LogP contribution in [0.25, 0.3) is 11.6 Å². The van der Waals surface area contributed by atoms with Crippen LogP contribution in [0.3, 0.4) is 0 Å². The number of aliphatic imine (C=N–C) groups is 1. The molecule has 3 N–H and O–H groups in total. The van der Waals surface area contributed by atoms with Gasteiger partial charge < -0.3 is 15.1 Å². The third kappa shape index (κ3) is 6.97. The second kappa shape index (κ2) is 11.3. The highest BCUT2D eigenvalue weighted by Gasteiger charge is 2.33. The fourth-order valence-corrected chi connectivity index (χ4v) is 3.18. The van der Waals surface area contributed by atoms with Crippen molar-refractivity contribution in [1.29, 1.82) is 0 Å². The molecule has 30 heavy (non-hydrogen) atoms. The Labute approximate surface area is 191 Å². The summed E-state index contributed by atoms with van der Waals surface area (Å²) in [5.41, 5.74) is -0.854. The van der Waals surface area contributed by atoms with Crippen LogP contribution in [0.15, 0.2) is 33.2 Å². The lowest BCUT2D eigenvalue weighted by molar-refractivity contribution is -0.140. The van der Waals surface area contributed by atoms with Gasteiger partial charge in [0.2, 0.25) is 5.82 Å². The summed E-state index contributed by atoms with van der Waals surface area (Å²) in [4.78, 5) is 12.3. The number of aromatic amines is 1. The van der Waals surface area contributed by atoms with Crippen LogP contribution in [0.4, 0.5) is 13.2 Å². The zero-order valence-electron chi connectivity index (χ0n) is 16.0. The largest absolute Gasteiger partial charge is 0.461 e. The van der Waals surface area contributed by atoms with Crippen molar-refractivity contribution in [2.45, 2.75) is 25.9 Å². The second-order valence-corrected chi connectivity index (χ2v) is 6.84. The van der Waals surface area contributed by atoms with Gasteiger partial charge in [0.1, 0.15) is 5.82 Å². The second-order valence-electron chi connectivity index (χ2n) is 5.89. The van der Waals surface area contributed by atoms with Crippen LogP contribution in [0.5, 0.6) is 0 Å². The third-order valence-corrected chi connectivity index (χ3v) is 4.62. The molecule has 3 rings (SSSR count). The highest BCUT2D eigenvalue weighted by molar-refractivity contribution is 14.0. The van der Waals surface area contributed by atoms with Crippen molar-refractivity contribution in [3.8, 4) is 11.6 Å². The van der Waals surface area contributed by atoms with E-state index in [-0.39, 0.29) is 24.0 Å². The Kier molecular flexibility index (Phi) is 9.08. The Bertz CT molecular complexity index is 924. The van der Waals surface area contributed by atoms with E-state index in [1.165, 1.54) is 0 Å². The van der Waals surface area contributed by atoms with Crippen molar-refractivity contribution < 1.29 is 17.6 Å². The van der Waals surface area contributed by atoms with Crippen molar-refractivity contribution in [2.24, 2.45) is 4.99 Å². The van der Waals surface area contributed by atoms with E-state index in [0.717, 1.165) is 16.7 Å². The number of rotatable bonds is 8. The first kappa shape index (κ1) is 24.1. The number of guanidine groups is 1. The average Bonchev–Trinajstić information content (AvgIpc) is 3.42. The summed E-state index contributed by atoms with van der Waals surface area (Å²) in [6.45, 7) is 3.46. The number of alkyl halides is 3. The van der Waals surface area contributed by atoms with Gasteiger partial charge in [-0.15, -0.1) is 35.3 Å². The smallest absolute Gasteiger partial charge is 0.434 e. The minimum atomic E-state index is -4.41. The van der Waals surface area contributed by atoms with E-state index in [0.29, 0.717) is 60.9 Å². The maximum absolute atomic E-state index is 12.6. The summed E-state index contributed by atoms with van der Waals surface area (Å²) < 4.78 is 43.0. The van der Waals surface area contributed by atoms with Crippen molar-refractivity contribution in [2.75, 3.05) is 19.6 Å². The molecule has 0 aromatic carbocycles. The minimum absolute atomic E-state index is 0. The predicted octanol–water partition coefficient (Wildman–Crippen LogP) is 3.50. The van der Waals surface area contributed by atoms with E-state index in [2.05, 4.69) is 35.8 Å². The van der Waals surface area contributed by atoms with E-state index in [9.17, 15) is 13.2 Å².